The maximum Gasteiger partial charge on any atom is 0.180 e. The fourth-order valence-electron chi connectivity index (χ4n) is 2.12. The van der Waals surface area contributed by atoms with E-state index in [-0.39, 0.29) is 0 Å². The monoisotopic (exact) mass is 235 g/mol. The van der Waals surface area contributed by atoms with Crippen LogP contribution in [0.3, 0.4) is 0 Å². The van der Waals surface area contributed by atoms with Crippen LogP contribution in [0.5, 0.6) is 0 Å². The second-order valence-corrected chi connectivity index (χ2v) is 4.01. The maximum atomic E-state index is 4.44. The molecule has 0 spiro atoms. The highest BCUT2D eigenvalue weighted by Gasteiger charge is 2.09. The number of aromatic nitrogens is 5. The summed E-state index contributed by atoms with van der Waals surface area (Å²) in [6, 6.07) is 9.96. The predicted octanol–water partition coefficient (Wildman–Crippen LogP) is 2.07. The summed E-state index contributed by atoms with van der Waals surface area (Å²) < 4.78 is 3.81. The van der Waals surface area contributed by atoms with Crippen LogP contribution in [0.15, 0.2) is 55.1 Å². The van der Waals surface area contributed by atoms with Crippen LogP contribution in [-0.4, -0.2) is 24.1 Å². The minimum Gasteiger partial charge on any atom is -0.294 e. The Kier molecular flexibility index (Phi) is 1.77. The van der Waals surface area contributed by atoms with Crippen molar-refractivity contribution in [3.63, 3.8) is 0 Å². The van der Waals surface area contributed by atoms with E-state index in [1.807, 2.05) is 51.8 Å². The molecule has 0 radical (unpaired) electrons. The molecule has 0 aliphatic heterocycles. The van der Waals surface area contributed by atoms with Crippen LogP contribution < -0.4 is 0 Å². The first-order valence-electron chi connectivity index (χ1n) is 5.65. The standard InChI is InChI=1S/C13H9N5/c1-2-4-10(5-3-1)18-13-11(8-16-18)17-7-6-14-12(17)9-15-13/h1-9H. The molecule has 3 aromatic heterocycles. The largest absolute Gasteiger partial charge is 0.294 e. The van der Waals surface area contributed by atoms with E-state index in [2.05, 4.69) is 15.1 Å². The van der Waals surface area contributed by atoms with Crippen molar-refractivity contribution >= 4 is 16.8 Å². The number of nitrogens with zero attached hydrogens (tertiary/aromatic N) is 5. The molecule has 4 rings (SSSR count). The van der Waals surface area contributed by atoms with Crippen molar-refractivity contribution in [1.29, 1.82) is 0 Å². The molecule has 3 heterocycles. The van der Waals surface area contributed by atoms with Crippen molar-refractivity contribution in [2.24, 2.45) is 0 Å². The molecule has 0 N–H and O–H groups in total. The lowest BCUT2D eigenvalue weighted by Gasteiger charge is -2.02. The van der Waals surface area contributed by atoms with Crippen molar-refractivity contribution in [1.82, 2.24) is 24.1 Å². The Balaban J connectivity index is 2.09. The van der Waals surface area contributed by atoms with Gasteiger partial charge in [-0.2, -0.15) is 5.10 Å². The normalized spacial score (nSPS) is 11.3. The minimum atomic E-state index is 0.826. The van der Waals surface area contributed by atoms with Gasteiger partial charge in [-0.3, -0.25) is 4.40 Å². The Bertz CT molecular complexity index is 828. The van der Waals surface area contributed by atoms with E-state index in [9.17, 15) is 0 Å². The first kappa shape index (κ1) is 9.35. The molecule has 0 saturated carbocycles. The van der Waals surface area contributed by atoms with Gasteiger partial charge in [0.25, 0.3) is 0 Å². The van der Waals surface area contributed by atoms with Gasteiger partial charge in [-0.25, -0.2) is 14.6 Å². The molecule has 86 valence electrons. The van der Waals surface area contributed by atoms with E-state index in [0.717, 1.165) is 22.5 Å². The van der Waals surface area contributed by atoms with Crippen LogP contribution in [0.2, 0.25) is 0 Å². The summed E-state index contributed by atoms with van der Waals surface area (Å²) in [6.07, 6.45) is 7.24. The van der Waals surface area contributed by atoms with E-state index < -0.39 is 0 Å². The van der Waals surface area contributed by atoms with E-state index in [4.69, 9.17) is 0 Å². The smallest absolute Gasteiger partial charge is 0.180 e. The molecule has 0 atom stereocenters. The van der Waals surface area contributed by atoms with E-state index in [1.54, 1.807) is 12.4 Å². The van der Waals surface area contributed by atoms with Gasteiger partial charge in [0.05, 0.1) is 18.1 Å². The third kappa shape index (κ3) is 1.18. The minimum absolute atomic E-state index is 0.826. The molecule has 0 amide bonds. The summed E-state index contributed by atoms with van der Waals surface area (Å²) in [5.74, 6) is 0. The Hall–Kier alpha value is -2.69. The SMILES string of the molecule is c1ccc(-n2ncc3c2ncc2nccn23)cc1. The number of imidazole rings is 1. The Labute approximate surface area is 102 Å². The molecule has 0 aliphatic rings. The fourth-order valence-corrected chi connectivity index (χ4v) is 2.12. The highest BCUT2D eigenvalue weighted by molar-refractivity contribution is 5.75. The van der Waals surface area contributed by atoms with Crippen LogP contribution >= 0.6 is 0 Å². The van der Waals surface area contributed by atoms with E-state index in [1.165, 1.54) is 0 Å². The third-order valence-corrected chi connectivity index (χ3v) is 2.96. The number of fused-ring (bicyclic) bond motifs is 3. The van der Waals surface area contributed by atoms with Crippen LogP contribution in [0.25, 0.3) is 22.5 Å². The number of para-hydroxylation sites is 1. The lowest BCUT2D eigenvalue weighted by Crippen LogP contribution is -1.98. The van der Waals surface area contributed by atoms with Crippen molar-refractivity contribution in [2.75, 3.05) is 0 Å². The summed E-state index contributed by atoms with van der Waals surface area (Å²) in [4.78, 5) is 8.65. The molecular formula is C13H9N5. The maximum absolute atomic E-state index is 4.44. The average molecular weight is 235 g/mol. The Morgan fingerprint density at radius 2 is 1.83 bits per heavy atom. The van der Waals surface area contributed by atoms with Crippen molar-refractivity contribution < 1.29 is 0 Å². The lowest BCUT2D eigenvalue weighted by atomic mass is 10.3. The average Bonchev–Trinajstić information content (AvgIpc) is 3.05. The van der Waals surface area contributed by atoms with Gasteiger partial charge >= 0.3 is 0 Å². The van der Waals surface area contributed by atoms with E-state index >= 15 is 0 Å². The Morgan fingerprint density at radius 3 is 2.72 bits per heavy atom. The van der Waals surface area contributed by atoms with Gasteiger partial charge < -0.3 is 0 Å². The zero-order valence-corrected chi connectivity index (χ0v) is 9.43. The molecule has 18 heavy (non-hydrogen) atoms. The predicted molar refractivity (Wildman–Crippen MR) is 67.6 cm³/mol. The summed E-state index contributed by atoms with van der Waals surface area (Å²) in [7, 11) is 0. The molecule has 4 aromatic rings. The molecule has 0 aliphatic carbocycles. The number of benzene rings is 1. The van der Waals surface area contributed by atoms with Crippen molar-refractivity contribution in [3.8, 4) is 5.69 Å². The number of rotatable bonds is 1. The van der Waals surface area contributed by atoms with Gasteiger partial charge in [-0.05, 0) is 12.1 Å². The van der Waals surface area contributed by atoms with Gasteiger partial charge in [-0.15, -0.1) is 0 Å². The third-order valence-electron chi connectivity index (χ3n) is 2.96. The van der Waals surface area contributed by atoms with Gasteiger partial charge in [-0.1, -0.05) is 18.2 Å². The lowest BCUT2D eigenvalue weighted by molar-refractivity contribution is 0.897. The zero-order chi connectivity index (χ0) is 11.9. The van der Waals surface area contributed by atoms with Crippen molar-refractivity contribution in [3.05, 3.63) is 55.1 Å². The summed E-state index contributed by atoms with van der Waals surface area (Å²) in [5, 5.41) is 4.40. The molecular weight excluding hydrogens is 226 g/mol. The van der Waals surface area contributed by atoms with Gasteiger partial charge in [0.15, 0.2) is 11.3 Å². The molecule has 5 nitrogen and oxygen atoms in total. The first-order chi connectivity index (χ1) is 8.93. The molecule has 0 saturated heterocycles. The molecule has 1 aromatic carbocycles. The Morgan fingerprint density at radius 1 is 0.944 bits per heavy atom. The highest BCUT2D eigenvalue weighted by Crippen LogP contribution is 2.17. The summed E-state index contributed by atoms with van der Waals surface area (Å²) in [5.41, 5.74) is 3.61. The van der Waals surface area contributed by atoms with E-state index in [0.29, 0.717) is 0 Å². The van der Waals surface area contributed by atoms with Gasteiger partial charge in [0.1, 0.15) is 5.52 Å². The number of hydrogen-bond acceptors (Lipinski definition) is 3. The second-order valence-electron chi connectivity index (χ2n) is 4.01. The molecule has 0 bridgehead atoms. The number of hydrogen-bond donors (Lipinski definition) is 0. The van der Waals surface area contributed by atoms with Gasteiger partial charge in [0.2, 0.25) is 0 Å². The molecule has 5 heteroatoms. The van der Waals surface area contributed by atoms with Crippen LogP contribution in [0, 0.1) is 0 Å². The molecule has 0 fully saturated rings. The van der Waals surface area contributed by atoms with Crippen LogP contribution in [0.1, 0.15) is 0 Å². The highest BCUT2D eigenvalue weighted by atomic mass is 15.3. The topological polar surface area (TPSA) is 48.0 Å². The van der Waals surface area contributed by atoms with Gasteiger partial charge in [0, 0.05) is 12.4 Å². The first-order valence-corrected chi connectivity index (χ1v) is 5.65. The van der Waals surface area contributed by atoms with Crippen molar-refractivity contribution in [2.45, 2.75) is 0 Å². The summed E-state index contributed by atoms with van der Waals surface area (Å²) >= 11 is 0. The summed E-state index contributed by atoms with van der Waals surface area (Å²) in [6.45, 7) is 0. The fraction of sp³-hybridized carbons (Fsp3) is 0. The zero-order valence-electron chi connectivity index (χ0n) is 9.43. The molecule has 0 unspecified atom stereocenters. The van der Waals surface area contributed by atoms with Crippen LogP contribution in [0.4, 0.5) is 0 Å². The van der Waals surface area contributed by atoms with Crippen LogP contribution in [-0.2, 0) is 0 Å². The second kappa shape index (κ2) is 3.40. The quantitative estimate of drug-likeness (QED) is 0.507.